The molecule has 0 aliphatic carbocycles. The average Bonchev–Trinajstić information content (AvgIpc) is 3.10. The minimum absolute atomic E-state index is 0.0999. The number of halogens is 2. The molecule has 2 aromatic heterocycles. The van der Waals surface area contributed by atoms with Gasteiger partial charge in [-0.15, -0.1) is 0 Å². The third-order valence-electron chi connectivity index (χ3n) is 4.94. The van der Waals surface area contributed by atoms with Gasteiger partial charge in [0.2, 0.25) is 5.91 Å². The van der Waals surface area contributed by atoms with Crippen LogP contribution in [0.1, 0.15) is 6.92 Å². The Bertz CT molecular complexity index is 1420. The lowest BCUT2D eigenvalue weighted by Crippen LogP contribution is -2.39. The summed E-state index contributed by atoms with van der Waals surface area (Å²) in [5.41, 5.74) is 5.44. The number of carbonyl (C=O) groups excluding carboxylic acids is 1. The van der Waals surface area contributed by atoms with E-state index in [1.54, 1.807) is 60.0 Å². The van der Waals surface area contributed by atoms with Gasteiger partial charge in [0.05, 0.1) is 10.9 Å². The molecule has 4 rings (SSSR count). The number of nitrogens with zero attached hydrogens (tertiary/aromatic N) is 3. The van der Waals surface area contributed by atoms with Crippen molar-refractivity contribution in [2.75, 3.05) is 0 Å². The number of aromatic nitrogens is 4. The lowest BCUT2D eigenvalue weighted by Gasteiger charge is -2.12. The Morgan fingerprint density at radius 1 is 1.13 bits per heavy atom. The standard InChI is InChI=1S/C21H17Cl2N5O3/c1-11(17(24)29)10-27-20(30)16-18(26-21(27)31)25-19(14-4-2-3-5-15(14)23)28(16)13-8-6-12(22)7-9-13/h2-9,11H,10H2,1H3,(H2,24,29)(H,26,31)/t11-/m0/s1. The van der Waals surface area contributed by atoms with E-state index in [2.05, 4.69) is 9.97 Å². The highest BCUT2D eigenvalue weighted by atomic mass is 35.5. The normalized spacial score (nSPS) is 12.2. The van der Waals surface area contributed by atoms with Crippen LogP contribution < -0.4 is 17.0 Å². The quantitative estimate of drug-likeness (QED) is 0.478. The summed E-state index contributed by atoms with van der Waals surface area (Å²) in [6.45, 7) is 1.39. The van der Waals surface area contributed by atoms with Crippen LogP contribution in [0.3, 0.4) is 0 Å². The van der Waals surface area contributed by atoms with Gasteiger partial charge in [0.15, 0.2) is 11.2 Å². The molecule has 158 valence electrons. The number of hydrogen-bond donors (Lipinski definition) is 2. The molecular formula is C21H17Cl2N5O3. The van der Waals surface area contributed by atoms with Gasteiger partial charge in [0.1, 0.15) is 5.82 Å². The molecule has 2 aromatic carbocycles. The van der Waals surface area contributed by atoms with Gasteiger partial charge in [-0.2, -0.15) is 0 Å². The van der Waals surface area contributed by atoms with E-state index in [-0.39, 0.29) is 17.7 Å². The fourth-order valence-electron chi connectivity index (χ4n) is 3.29. The molecule has 0 aliphatic heterocycles. The minimum atomic E-state index is -0.716. The number of nitrogens with two attached hydrogens (primary N) is 1. The van der Waals surface area contributed by atoms with Gasteiger partial charge < -0.3 is 5.73 Å². The zero-order valence-corrected chi connectivity index (χ0v) is 17.8. The third kappa shape index (κ3) is 3.75. The third-order valence-corrected chi connectivity index (χ3v) is 5.52. The van der Waals surface area contributed by atoms with Crippen LogP contribution in [0.2, 0.25) is 10.0 Å². The predicted octanol–water partition coefficient (Wildman–Crippen LogP) is 2.97. The van der Waals surface area contributed by atoms with E-state index in [4.69, 9.17) is 28.9 Å². The lowest BCUT2D eigenvalue weighted by molar-refractivity contribution is -0.121. The summed E-state index contributed by atoms with van der Waals surface area (Å²) in [4.78, 5) is 44.6. The fraction of sp³-hybridized carbons (Fsp3) is 0.143. The molecule has 31 heavy (non-hydrogen) atoms. The number of carbonyl (C=O) groups is 1. The van der Waals surface area contributed by atoms with E-state index in [1.165, 1.54) is 0 Å². The predicted molar refractivity (Wildman–Crippen MR) is 120 cm³/mol. The number of amides is 1. The van der Waals surface area contributed by atoms with Crippen LogP contribution in [0.15, 0.2) is 58.1 Å². The van der Waals surface area contributed by atoms with Crippen molar-refractivity contribution in [3.05, 3.63) is 79.4 Å². The Balaban J connectivity index is 2.08. The Labute approximate surface area is 185 Å². The molecule has 0 aliphatic rings. The topological polar surface area (TPSA) is 116 Å². The number of aromatic amines is 1. The van der Waals surface area contributed by atoms with Crippen molar-refractivity contribution in [1.29, 1.82) is 0 Å². The zero-order valence-electron chi connectivity index (χ0n) is 16.3. The number of imidazole rings is 1. The Kier molecular flexibility index (Phi) is 5.43. The second-order valence-electron chi connectivity index (χ2n) is 7.07. The first-order chi connectivity index (χ1) is 14.8. The van der Waals surface area contributed by atoms with Gasteiger partial charge in [-0.25, -0.2) is 9.78 Å². The SMILES string of the molecule is C[C@@H](Cn1c(=O)[nH]c2nc(-c3ccccc3Cl)n(-c3ccc(Cl)cc3)c2c1=O)C(N)=O. The number of hydrogen-bond acceptors (Lipinski definition) is 4. The largest absolute Gasteiger partial charge is 0.369 e. The van der Waals surface area contributed by atoms with E-state index in [9.17, 15) is 14.4 Å². The highest BCUT2D eigenvalue weighted by Gasteiger charge is 2.22. The van der Waals surface area contributed by atoms with Crippen LogP contribution in [0.4, 0.5) is 0 Å². The van der Waals surface area contributed by atoms with Gasteiger partial charge in [-0.05, 0) is 36.4 Å². The van der Waals surface area contributed by atoms with Crippen LogP contribution >= 0.6 is 23.2 Å². The number of primary amides is 1. The van der Waals surface area contributed by atoms with Crippen molar-refractivity contribution >= 4 is 40.3 Å². The summed E-state index contributed by atoms with van der Waals surface area (Å²) < 4.78 is 2.55. The molecule has 1 atom stereocenters. The molecule has 0 saturated carbocycles. The maximum Gasteiger partial charge on any atom is 0.330 e. The van der Waals surface area contributed by atoms with Crippen molar-refractivity contribution in [2.24, 2.45) is 11.7 Å². The number of benzene rings is 2. The van der Waals surface area contributed by atoms with Crippen molar-refractivity contribution in [3.8, 4) is 17.1 Å². The molecule has 8 nitrogen and oxygen atoms in total. The number of nitrogens with one attached hydrogen (secondary N) is 1. The van der Waals surface area contributed by atoms with Gasteiger partial charge in [0, 0.05) is 22.8 Å². The van der Waals surface area contributed by atoms with E-state index in [0.717, 1.165) is 4.57 Å². The maximum atomic E-state index is 13.4. The van der Waals surface area contributed by atoms with E-state index < -0.39 is 23.1 Å². The fourth-order valence-corrected chi connectivity index (χ4v) is 3.63. The molecule has 0 spiro atoms. The van der Waals surface area contributed by atoms with Gasteiger partial charge in [0.25, 0.3) is 5.56 Å². The van der Waals surface area contributed by atoms with Crippen LogP contribution in [-0.4, -0.2) is 25.0 Å². The van der Waals surface area contributed by atoms with E-state index in [1.807, 2.05) is 0 Å². The maximum absolute atomic E-state index is 13.4. The first kappa shape index (κ1) is 20.9. The van der Waals surface area contributed by atoms with Gasteiger partial charge >= 0.3 is 5.69 Å². The number of rotatable bonds is 5. The molecule has 0 saturated heterocycles. The molecule has 0 unspecified atom stereocenters. The molecule has 1 amide bonds. The molecular weight excluding hydrogens is 441 g/mol. The molecule has 3 N–H and O–H groups in total. The Morgan fingerprint density at radius 3 is 2.45 bits per heavy atom. The Morgan fingerprint density at radius 2 is 1.81 bits per heavy atom. The molecule has 10 heteroatoms. The molecule has 0 bridgehead atoms. The van der Waals surface area contributed by atoms with Crippen LogP contribution in [0.25, 0.3) is 28.2 Å². The Hall–Kier alpha value is -3.36. The van der Waals surface area contributed by atoms with Crippen molar-refractivity contribution in [2.45, 2.75) is 13.5 Å². The monoisotopic (exact) mass is 457 g/mol. The van der Waals surface area contributed by atoms with Crippen LogP contribution in [0.5, 0.6) is 0 Å². The summed E-state index contributed by atoms with van der Waals surface area (Å²) in [6.07, 6.45) is 0. The summed E-state index contributed by atoms with van der Waals surface area (Å²) in [5, 5.41) is 0.951. The molecule has 4 aromatic rings. The zero-order chi connectivity index (χ0) is 22.3. The van der Waals surface area contributed by atoms with Gasteiger partial charge in [-0.1, -0.05) is 42.3 Å². The van der Waals surface area contributed by atoms with E-state index >= 15 is 0 Å². The van der Waals surface area contributed by atoms with Crippen molar-refractivity contribution in [3.63, 3.8) is 0 Å². The smallest absolute Gasteiger partial charge is 0.330 e. The second-order valence-corrected chi connectivity index (χ2v) is 7.92. The molecule has 0 fully saturated rings. The number of H-pyrrole nitrogens is 1. The summed E-state index contributed by atoms with van der Waals surface area (Å²) in [6, 6.07) is 13.9. The minimum Gasteiger partial charge on any atom is -0.369 e. The molecule has 2 heterocycles. The number of fused-ring (bicyclic) bond motifs is 1. The first-order valence-corrected chi connectivity index (χ1v) is 10.1. The summed E-state index contributed by atoms with van der Waals surface area (Å²) >= 11 is 12.4. The second kappa shape index (κ2) is 8.05. The van der Waals surface area contributed by atoms with Crippen molar-refractivity contribution in [1.82, 2.24) is 19.1 Å². The highest BCUT2D eigenvalue weighted by molar-refractivity contribution is 6.33. The summed E-state index contributed by atoms with van der Waals surface area (Å²) in [5.74, 6) is -0.961. The van der Waals surface area contributed by atoms with Crippen LogP contribution in [0, 0.1) is 5.92 Å². The van der Waals surface area contributed by atoms with E-state index in [0.29, 0.717) is 27.1 Å². The van der Waals surface area contributed by atoms with Crippen LogP contribution in [-0.2, 0) is 11.3 Å². The lowest BCUT2D eigenvalue weighted by atomic mass is 10.2. The van der Waals surface area contributed by atoms with Gasteiger partial charge in [-0.3, -0.25) is 23.7 Å². The highest BCUT2D eigenvalue weighted by Crippen LogP contribution is 2.31. The summed E-state index contributed by atoms with van der Waals surface area (Å²) in [7, 11) is 0. The first-order valence-electron chi connectivity index (χ1n) is 9.33. The molecule has 0 radical (unpaired) electrons. The average molecular weight is 458 g/mol. The van der Waals surface area contributed by atoms with Crippen molar-refractivity contribution < 1.29 is 4.79 Å².